The molecule has 0 atom stereocenters. The maximum atomic E-state index is 4.15. The van der Waals surface area contributed by atoms with Gasteiger partial charge in [-0.15, -0.1) is 0 Å². The van der Waals surface area contributed by atoms with E-state index in [1.54, 1.807) is 0 Å². The predicted molar refractivity (Wildman–Crippen MR) is 155 cm³/mol. The highest BCUT2D eigenvalue weighted by molar-refractivity contribution is 5.57. The van der Waals surface area contributed by atoms with Gasteiger partial charge in [-0.05, 0) is 94.6 Å². The highest BCUT2D eigenvalue weighted by atomic mass is 15.1. The van der Waals surface area contributed by atoms with Gasteiger partial charge < -0.3 is 14.7 Å². The van der Waals surface area contributed by atoms with Gasteiger partial charge in [-0.1, -0.05) is 43.0 Å². The molecule has 0 N–H and O–H groups in total. The number of benzene rings is 3. The van der Waals surface area contributed by atoms with Gasteiger partial charge in [0.05, 0.1) is 0 Å². The maximum Gasteiger partial charge on any atom is 0.0408 e. The Labute approximate surface area is 213 Å². The molecule has 35 heavy (non-hydrogen) atoms. The Morgan fingerprint density at radius 2 is 0.857 bits per heavy atom. The first-order valence-corrected chi connectivity index (χ1v) is 13.2. The van der Waals surface area contributed by atoms with Gasteiger partial charge in [0, 0.05) is 61.4 Å². The van der Waals surface area contributed by atoms with Crippen molar-refractivity contribution in [1.29, 1.82) is 0 Å². The van der Waals surface area contributed by atoms with Gasteiger partial charge in [-0.2, -0.15) is 0 Å². The zero-order valence-electron chi connectivity index (χ0n) is 22.6. The molecule has 0 spiro atoms. The largest absolute Gasteiger partial charge is 0.372 e. The third-order valence-corrected chi connectivity index (χ3v) is 7.03. The molecule has 0 aliphatic carbocycles. The molecule has 0 aliphatic rings. The van der Waals surface area contributed by atoms with E-state index < -0.39 is 0 Å². The van der Waals surface area contributed by atoms with Gasteiger partial charge >= 0.3 is 0 Å². The lowest BCUT2D eigenvalue weighted by Gasteiger charge is -2.26. The van der Waals surface area contributed by atoms with Crippen molar-refractivity contribution in [3.8, 4) is 0 Å². The summed E-state index contributed by atoms with van der Waals surface area (Å²) in [4.78, 5) is 7.03. The number of hydrogen-bond donors (Lipinski definition) is 0. The van der Waals surface area contributed by atoms with Crippen LogP contribution in [0.5, 0.6) is 0 Å². The normalized spacial score (nSPS) is 10.9. The highest BCUT2D eigenvalue weighted by Crippen LogP contribution is 2.35. The van der Waals surface area contributed by atoms with Gasteiger partial charge in [0.25, 0.3) is 0 Å². The number of nitrogens with zero attached hydrogens (tertiary/aromatic N) is 3. The molecule has 0 fully saturated rings. The molecule has 3 nitrogen and oxygen atoms in total. The third kappa shape index (κ3) is 6.08. The van der Waals surface area contributed by atoms with E-state index in [1.165, 1.54) is 33.8 Å². The van der Waals surface area contributed by atoms with Crippen LogP contribution in [0.4, 0.5) is 17.1 Å². The zero-order valence-corrected chi connectivity index (χ0v) is 22.6. The minimum absolute atomic E-state index is 0.181. The molecule has 0 radical (unpaired) electrons. The second-order valence-electron chi connectivity index (χ2n) is 9.03. The van der Waals surface area contributed by atoms with E-state index in [0.29, 0.717) is 0 Å². The average Bonchev–Trinajstić information content (AvgIpc) is 2.88. The van der Waals surface area contributed by atoms with E-state index in [-0.39, 0.29) is 5.92 Å². The Bertz CT molecular complexity index is 988. The fourth-order valence-electron chi connectivity index (χ4n) is 5.03. The summed E-state index contributed by atoms with van der Waals surface area (Å²) in [7, 11) is 0. The molecule has 0 saturated carbocycles. The van der Waals surface area contributed by atoms with Gasteiger partial charge in [0.2, 0.25) is 0 Å². The standard InChI is InChI=1S/C32H43N3/c1-8-33(9-2)29-19-13-26(14-20-29)32(27-15-21-30(22-16-27)34(10-3)11-4)28-17-23-31(24-18-28)35(12-5)25(6)7/h13-24,32H,6,8-12H2,1-5,7H3. The van der Waals surface area contributed by atoms with Crippen molar-refractivity contribution in [2.75, 3.05) is 47.4 Å². The Morgan fingerprint density at radius 3 is 1.11 bits per heavy atom. The second-order valence-corrected chi connectivity index (χ2v) is 9.03. The van der Waals surface area contributed by atoms with E-state index >= 15 is 0 Å². The summed E-state index contributed by atoms with van der Waals surface area (Å²) in [6.07, 6.45) is 0. The monoisotopic (exact) mass is 469 g/mol. The molecule has 3 heteroatoms. The van der Waals surface area contributed by atoms with Gasteiger partial charge in [-0.3, -0.25) is 0 Å². The molecular weight excluding hydrogens is 426 g/mol. The van der Waals surface area contributed by atoms with Crippen molar-refractivity contribution in [3.05, 3.63) is 102 Å². The number of allylic oxidation sites excluding steroid dienone is 1. The summed E-state index contributed by atoms with van der Waals surface area (Å²) in [6, 6.07) is 27.3. The topological polar surface area (TPSA) is 9.72 Å². The Kier molecular flexibility index (Phi) is 9.42. The zero-order chi connectivity index (χ0) is 25.4. The lowest BCUT2D eigenvalue weighted by atomic mass is 9.85. The van der Waals surface area contributed by atoms with Crippen LogP contribution in [0.25, 0.3) is 0 Å². The third-order valence-electron chi connectivity index (χ3n) is 7.03. The Balaban J connectivity index is 2.03. The summed E-state index contributed by atoms with van der Waals surface area (Å²) in [5.41, 5.74) is 8.76. The Morgan fingerprint density at radius 1 is 0.543 bits per heavy atom. The summed E-state index contributed by atoms with van der Waals surface area (Å²) in [5.74, 6) is 0.181. The van der Waals surface area contributed by atoms with E-state index in [1.807, 2.05) is 0 Å². The van der Waals surface area contributed by atoms with E-state index in [9.17, 15) is 0 Å². The summed E-state index contributed by atoms with van der Waals surface area (Å²) >= 11 is 0. The quantitative estimate of drug-likeness (QED) is 0.249. The molecule has 186 valence electrons. The van der Waals surface area contributed by atoms with Crippen LogP contribution in [-0.2, 0) is 0 Å². The maximum absolute atomic E-state index is 4.15. The SMILES string of the molecule is C=C(C)N(CC)c1ccc(C(c2ccc(N(CC)CC)cc2)c2ccc(N(CC)CC)cc2)cc1. The van der Waals surface area contributed by atoms with Crippen LogP contribution >= 0.6 is 0 Å². The van der Waals surface area contributed by atoms with Crippen molar-refractivity contribution in [2.24, 2.45) is 0 Å². The van der Waals surface area contributed by atoms with Gasteiger partial charge in [0.15, 0.2) is 0 Å². The van der Waals surface area contributed by atoms with Crippen LogP contribution in [0.2, 0.25) is 0 Å². The van der Waals surface area contributed by atoms with E-state index in [2.05, 4.69) is 136 Å². The lowest BCUT2D eigenvalue weighted by molar-refractivity contribution is 0.862. The molecule has 0 saturated heterocycles. The van der Waals surface area contributed by atoms with Crippen molar-refractivity contribution in [2.45, 2.75) is 47.5 Å². The van der Waals surface area contributed by atoms with Crippen LogP contribution in [0, 0.1) is 0 Å². The predicted octanol–water partition coefficient (Wildman–Crippen LogP) is 7.92. The highest BCUT2D eigenvalue weighted by Gasteiger charge is 2.18. The molecule has 0 aliphatic heterocycles. The van der Waals surface area contributed by atoms with Crippen molar-refractivity contribution < 1.29 is 0 Å². The smallest absolute Gasteiger partial charge is 0.0408 e. The fraction of sp³-hybridized carbons (Fsp3) is 0.375. The van der Waals surface area contributed by atoms with E-state index in [0.717, 1.165) is 38.4 Å². The molecule has 0 bridgehead atoms. The average molecular weight is 470 g/mol. The van der Waals surface area contributed by atoms with Crippen molar-refractivity contribution in [3.63, 3.8) is 0 Å². The molecule has 0 unspecified atom stereocenters. The lowest BCUT2D eigenvalue weighted by Crippen LogP contribution is -2.22. The molecule has 3 rings (SSSR count). The number of hydrogen-bond acceptors (Lipinski definition) is 3. The van der Waals surface area contributed by atoms with Crippen molar-refractivity contribution in [1.82, 2.24) is 0 Å². The fourth-order valence-corrected chi connectivity index (χ4v) is 5.03. The molecule has 0 heterocycles. The minimum atomic E-state index is 0.181. The molecule has 3 aromatic carbocycles. The number of rotatable bonds is 12. The summed E-state index contributed by atoms with van der Waals surface area (Å²) in [6.45, 7) is 22.2. The van der Waals surface area contributed by atoms with Crippen LogP contribution in [0.3, 0.4) is 0 Å². The molecular formula is C32H43N3. The molecule has 0 aromatic heterocycles. The van der Waals surface area contributed by atoms with Crippen LogP contribution in [0.1, 0.15) is 64.2 Å². The van der Waals surface area contributed by atoms with Gasteiger partial charge in [0.1, 0.15) is 0 Å². The molecule has 0 amide bonds. The van der Waals surface area contributed by atoms with E-state index in [4.69, 9.17) is 0 Å². The second kappa shape index (κ2) is 12.5. The minimum Gasteiger partial charge on any atom is -0.372 e. The number of anilines is 3. The van der Waals surface area contributed by atoms with Crippen LogP contribution < -0.4 is 14.7 Å². The van der Waals surface area contributed by atoms with Crippen LogP contribution in [-0.4, -0.2) is 32.7 Å². The first kappa shape index (κ1) is 26.4. The first-order valence-electron chi connectivity index (χ1n) is 13.2. The summed E-state index contributed by atoms with van der Waals surface area (Å²) in [5, 5.41) is 0. The Hall–Kier alpha value is -3.20. The molecule has 3 aromatic rings. The summed E-state index contributed by atoms with van der Waals surface area (Å²) < 4.78 is 0. The first-order chi connectivity index (χ1) is 17.0. The van der Waals surface area contributed by atoms with Crippen LogP contribution in [0.15, 0.2) is 85.1 Å². The van der Waals surface area contributed by atoms with Gasteiger partial charge in [-0.25, -0.2) is 0 Å². The van der Waals surface area contributed by atoms with Crippen molar-refractivity contribution >= 4 is 17.1 Å².